The number of nitrogens with zero attached hydrogens (tertiary/aromatic N) is 3. The molecule has 1 saturated heterocycles. The Balaban J connectivity index is 3.24. The summed E-state index contributed by atoms with van der Waals surface area (Å²) in [6.07, 6.45) is 1.02. The molecular weight excluding hydrogens is 607 g/mol. The summed E-state index contributed by atoms with van der Waals surface area (Å²) in [6.45, 7) is 2.31. The molecule has 0 aromatic carbocycles. The molecule has 0 spiro atoms. The first-order valence-corrected chi connectivity index (χ1v) is 19.6. The predicted octanol–water partition coefficient (Wildman–Crippen LogP) is 0.289. The van der Waals surface area contributed by atoms with E-state index in [4.69, 9.17) is 39.8 Å². The van der Waals surface area contributed by atoms with Crippen LogP contribution in [0.25, 0.3) is 0 Å². The van der Waals surface area contributed by atoms with Crippen LogP contribution in [0.3, 0.4) is 0 Å². The highest BCUT2D eigenvalue weighted by Gasteiger charge is 2.44. The SMILES string of the molecule is CO[Si](CCCN1CN(CCC[Si](OC)(OC)OC)C(C(=O)C(=O)C=O)N(CCC[Si](OC)(OC)OC)C1)(OC)OC. The maximum absolute atomic E-state index is 13.3. The van der Waals surface area contributed by atoms with Gasteiger partial charge in [-0.05, 0) is 19.3 Å². The number of rotatable bonds is 24. The van der Waals surface area contributed by atoms with Crippen LogP contribution in [0.4, 0.5) is 0 Å². The lowest BCUT2D eigenvalue weighted by atomic mass is 10.1. The van der Waals surface area contributed by atoms with E-state index >= 15 is 0 Å². The van der Waals surface area contributed by atoms with Crippen molar-refractivity contribution in [2.45, 2.75) is 43.6 Å². The second kappa shape index (κ2) is 19.5. The Morgan fingerprint density at radius 2 is 0.905 bits per heavy atom. The number of carbonyl (C=O) groups excluding carboxylic acids is 3. The number of carbonyl (C=O) groups is 3. The zero-order valence-electron chi connectivity index (χ0n) is 26.7. The summed E-state index contributed by atoms with van der Waals surface area (Å²) in [5.41, 5.74) is 0. The zero-order valence-corrected chi connectivity index (χ0v) is 29.7. The average Bonchev–Trinajstić information content (AvgIpc) is 3.03. The van der Waals surface area contributed by atoms with E-state index < -0.39 is 44.1 Å². The first-order valence-electron chi connectivity index (χ1n) is 13.8. The minimum absolute atomic E-state index is 0.0763. The molecule has 0 aromatic heterocycles. The van der Waals surface area contributed by atoms with Gasteiger partial charge in [0.2, 0.25) is 5.78 Å². The minimum atomic E-state index is -2.86. The van der Waals surface area contributed by atoms with Crippen LogP contribution in [0.5, 0.6) is 0 Å². The van der Waals surface area contributed by atoms with Gasteiger partial charge in [-0.25, -0.2) is 0 Å². The Hall–Kier alpha value is -0.819. The van der Waals surface area contributed by atoms with Crippen molar-refractivity contribution in [3.63, 3.8) is 0 Å². The third-order valence-electron chi connectivity index (χ3n) is 7.65. The van der Waals surface area contributed by atoms with Crippen LogP contribution in [0.1, 0.15) is 19.3 Å². The van der Waals surface area contributed by atoms with Crippen molar-refractivity contribution in [3.05, 3.63) is 0 Å². The molecule has 15 nitrogen and oxygen atoms in total. The molecule has 246 valence electrons. The molecule has 1 rings (SSSR count). The molecule has 0 aliphatic carbocycles. The molecule has 1 aliphatic heterocycles. The van der Waals surface area contributed by atoms with Crippen molar-refractivity contribution in [3.8, 4) is 0 Å². The summed E-state index contributed by atoms with van der Waals surface area (Å²) in [7, 11) is 5.54. The van der Waals surface area contributed by atoms with E-state index in [1.807, 2.05) is 9.80 Å². The van der Waals surface area contributed by atoms with E-state index in [1.165, 1.54) is 0 Å². The van der Waals surface area contributed by atoms with E-state index in [2.05, 4.69) is 4.90 Å². The summed E-state index contributed by atoms with van der Waals surface area (Å²) >= 11 is 0. The summed E-state index contributed by atoms with van der Waals surface area (Å²) in [5.74, 6) is -1.83. The smallest absolute Gasteiger partial charge is 0.377 e. The van der Waals surface area contributed by atoms with Gasteiger partial charge < -0.3 is 39.8 Å². The third-order valence-corrected chi connectivity index (χ3v) is 16.1. The van der Waals surface area contributed by atoms with Crippen molar-refractivity contribution in [1.82, 2.24) is 14.7 Å². The second-order valence-electron chi connectivity index (χ2n) is 9.72. The standard InChI is InChI=1S/C24H51N3O12Si3/c1-31-40(32-2,33-3)16-10-13-25-20-26(14-11-17-41(34-4,35-5)36-6)24(23(30)22(29)19-28)27(21-25)15-12-18-42(37-7,38-8)39-9/h19,24H,10-18,20-21H2,1-9H3. The monoisotopic (exact) mass is 657 g/mol. The van der Waals surface area contributed by atoms with Gasteiger partial charge in [0.15, 0.2) is 6.29 Å². The molecule has 0 atom stereocenters. The van der Waals surface area contributed by atoms with Gasteiger partial charge in [0, 0.05) is 102 Å². The van der Waals surface area contributed by atoms with Crippen LogP contribution >= 0.6 is 0 Å². The highest BCUT2D eigenvalue weighted by molar-refractivity contribution is 6.61. The fraction of sp³-hybridized carbons (Fsp3) is 0.875. The van der Waals surface area contributed by atoms with E-state index in [1.54, 1.807) is 64.0 Å². The van der Waals surface area contributed by atoms with Gasteiger partial charge in [0.25, 0.3) is 5.78 Å². The van der Waals surface area contributed by atoms with Crippen molar-refractivity contribution in [2.75, 3.05) is 97.0 Å². The van der Waals surface area contributed by atoms with Crippen molar-refractivity contribution in [2.24, 2.45) is 0 Å². The molecule has 0 amide bonds. The van der Waals surface area contributed by atoms with E-state index in [0.29, 0.717) is 63.9 Å². The topological polar surface area (TPSA) is 144 Å². The van der Waals surface area contributed by atoms with Crippen molar-refractivity contribution in [1.29, 1.82) is 0 Å². The van der Waals surface area contributed by atoms with Crippen molar-refractivity contribution < 1.29 is 54.2 Å². The summed E-state index contributed by atoms with van der Waals surface area (Å²) in [4.78, 5) is 43.1. The van der Waals surface area contributed by atoms with Gasteiger partial charge in [-0.3, -0.25) is 29.1 Å². The van der Waals surface area contributed by atoms with Crippen LogP contribution in [-0.4, -0.2) is 162 Å². The van der Waals surface area contributed by atoms with E-state index in [0.717, 1.165) is 6.42 Å². The molecule has 0 saturated carbocycles. The highest BCUT2D eigenvalue weighted by atomic mass is 28.4. The first-order chi connectivity index (χ1) is 20.1. The third kappa shape index (κ3) is 10.7. The van der Waals surface area contributed by atoms with Gasteiger partial charge in [0.1, 0.15) is 6.17 Å². The fourth-order valence-corrected chi connectivity index (χ4v) is 10.3. The summed E-state index contributed by atoms with van der Waals surface area (Å²) in [6, 6.07) is 1.61. The van der Waals surface area contributed by atoms with Gasteiger partial charge in [0.05, 0.1) is 13.3 Å². The summed E-state index contributed by atoms with van der Waals surface area (Å²) < 4.78 is 50.0. The number of hydrogen-bond acceptors (Lipinski definition) is 15. The van der Waals surface area contributed by atoms with Gasteiger partial charge in [-0.1, -0.05) is 0 Å². The lowest BCUT2D eigenvalue weighted by molar-refractivity contribution is -0.154. The largest absolute Gasteiger partial charge is 0.500 e. The number of ketones is 2. The first kappa shape index (κ1) is 39.2. The minimum Gasteiger partial charge on any atom is -0.377 e. The number of hydrogen-bond donors (Lipinski definition) is 0. The molecule has 0 bridgehead atoms. The van der Waals surface area contributed by atoms with Crippen LogP contribution in [0.2, 0.25) is 18.1 Å². The van der Waals surface area contributed by atoms with Gasteiger partial charge in [-0.2, -0.15) is 0 Å². The van der Waals surface area contributed by atoms with Crippen LogP contribution in [-0.2, 0) is 54.2 Å². The fourth-order valence-electron chi connectivity index (χ4n) is 5.17. The summed E-state index contributed by atoms with van der Waals surface area (Å²) in [5, 5.41) is 0. The number of Topliss-reactive ketones (excluding diaryl/α,β-unsaturated/α-hetero) is 2. The van der Waals surface area contributed by atoms with Crippen LogP contribution in [0, 0.1) is 0 Å². The Bertz CT molecular complexity index is 758. The molecule has 42 heavy (non-hydrogen) atoms. The van der Waals surface area contributed by atoms with Gasteiger partial charge >= 0.3 is 26.4 Å². The Morgan fingerprint density at radius 1 is 0.595 bits per heavy atom. The van der Waals surface area contributed by atoms with E-state index in [-0.39, 0.29) is 6.29 Å². The Kier molecular flexibility index (Phi) is 18.2. The van der Waals surface area contributed by atoms with Crippen molar-refractivity contribution >= 4 is 44.3 Å². The predicted molar refractivity (Wildman–Crippen MR) is 158 cm³/mol. The molecule has 0 unspecified atom stereocenters. The Labute approximate surface area is 253 Å². The maximum atomic E-state index is 13.3. The lowest BCUT2D eigenvalue weighted by Crippen LogP contribution is -2.65. The molecule has 1 aliphatic rings. The second-order valence-corrected chi connectivity index (χ2v) is 19.0. The van der Waals surface area contributed by atoms with E-state index in [9.17, 15) is 14.4 Å². The molecule has 0 radical (unpaired) electrons. The molecular formula is C24H51N3O12Si3. The molecule has 0 aromatic rings. The average molecular weight is 658 g/mol. The molecule has 1 heterocycles. The van der Waals surface area contributed by atoms with Gasteiger partial charge in [-0.15, -0.1) is 0 Å². The molecule has 1 fully saturated rings. The van der Waals surface area contributed by atoms with Crippen LogP contribution < -0.4 is 0 Å². The lowest BCUT2D eigenvalue weighted by Gasteiger charge is -2.48. The zero-order chi connectivity index (χ0) is 31.8. The molecule has 18 heteroatoms. The molecule has 0 N–H and O–H groups in total. The number of aldehydes is 1. The quantitative estimate of drug-likeness (QED) is 0.0606. The highest BCUT2D eigenvalue weighted by Crippen LogP contribution is 2.24. The van der Waals surface area contributed by atoms with Crippen LogP contribution in [0.15, 0.2) is 0 Å². The maximum Gasteiger partial charge on any atom is 0.500 e. The normalized spacial score (nSPS) is 16.7. The Morgan fingerprint density at radius 3 is 1.19 bits per heavy atom.